The van der Waals surface area contributed by atoms with Crippen molar-refractivity contribution in [3.63, 3.8) is 0 Å². The summed E-state index contributed by atoms with van der Waals surface area (Å²) >= 11 is 5.90. The SMILES string of the molecule is O=C(CN(c1ccccc1)S(=O)(=O)c1ccc(Cl)cc1)N[C@H]1C[C@@H]2CC[C@H]1C2. The Balaban J connectivity index is 1.57. The Morgan fingerprint density at radius 3 is 2.36 bits per heavy atom. The van der Waals surface area contributed by atoms with Crippen LogP contribution in [0, 0.1) is 11.8 Å². The first-order valence-electron chi connectivity index (χ1n) is 9.56. The predicted octanol–water partition coefficient (Wildman–Crippen LogP) is 3.84. The van der Waals surface area contributed by atoms with Gasteiger partial charge in [0.05, 0.1) is 10.6 Å². The van der Waals surface area contributed by atoms with Crippen molar-refractivity contribution in [1.82, 2.24) is 5.32 Å². The van der Waals surface area contributed by atoms with E-state index < -0.39 is 10.0 Å². The maximum Gasteiger partial charge on any atom is 0.264 e. The van der Waals surface area contributed by atoms with Gasteiger partial charge in [0.25, 0.3) is 10.0 Å². The van der Waals surface area contributed by atoms with E-state index in [0.717, 1.165) is 12.8 Å². The average molecular weight is 419 g/mol. The van der Waals surface area contributed by atoms with Crippen molar-refractivity contribution in [3.05, 3.63) is 59.6 Å². The molecule has 0 unspecified atom stereocenters. The molecule has 0 spiro atoms. The molecule has 0 aliphatic heterocycles. The minimum absolute atomic E-state index is 0.105. The molecule has 28 heavy (non-hydrogen) atoms. The van der Waals surface area contributed by atoms with Gasteiger partial charge in [-0.3, -0.25) is 9.10 Å². The zero-order chi connectivity index (χ0) is 19.7. The Morgan fingerprint density at radius 2 is 1.75 bits per heavy atom. The number of carbonyl (C=O) groups excluding carboxylic acids is 1. The zero-order valence-electron chi connectivity index (χ0n) is 15.4. The summed E-state index contributed by atoms with van der Waals surface area (Å²) in [4.78, 5) is 12.9. The number of anilines is 1. The molecule has 2 aromatic carbocycles. The highest BCUT2D eigenvalue weighted by molar-refractivity contribution is 7.92. The van der Waals surface area contributed by atoms with Crippen molar-refractivity contribution in [2.24, 2.45) is 11.8 Å². The second-order valence-corrected chi connectivity index (χ2v) is 9.95. The molecule has 0 heterocycles. The molecule has 7 heteroatoms. The van der Waals surface area contributed by atoms with Gasteiger partial charge in [0.2, 0.25) is 5.91 Å². The third kappa shape index (κ3) is 3.89. The Kier molecular flexibility index (Phi) is 5.34. The Hall–Kier alpha value is -2.05. The lowest BCUT2D eigenvalue weighted by atomic mass is 9.95. The summed E-state index contributed by atoms with van der Waals surface area (Å²) in [6, 6.07) is 14.9. The van der Waals surface area contributed by atoms with Crippen molar-refractivity contribution in [2.75, 3.05) is 10.8 Å². The third-order valence-electron chi connectivity index (χ3n) is 5.82. The molecular formula is C21H23ClN2O3S. The van der Waals surface area contributed by atoms with E-state index in [-0.39, 0.29) is 23.4 Å². The lowest BCUT2D eigenvalue weighted by molar-refractivity contribution is -0.120. The molecule has 0 saturated heterocycles. The maximum absolute atomic E-state index is 13.2. The van der Waals surface area contributed by atoms with Crippen LogP contribution in [-0.4, -0.2) is 26.9 Å². The van der Waals surface area contributed by atoms with Gasteiger partial charge in [-0.05, 0) is 67.5 Å². The van der Waals surface area contributed by atoms with Crippen LogP contribution in [0.4, 0.5) is 5.69 Å². The first kappa shape index (κ1) is 19.3. The number of nitrogens with zero attached hydrogens (tertiary/aromatic N) is 1. The summed E-state index contributed by atoms with van der Waals surface area (Å²) < 4.78 is 27.7. The number of carbonyl (C=O) groups is 1. The van der Waals surface area contributed by atoms with E-state index in [9.17, 15) is 13.2 Å². The van der Waals surface area contributed by atoms with Gasteiger partial charge in [-0.25, -0.2) is 8.42 Å². The lowest BCUT2D eigenvalue weighted by Crippen LogP contribution is -2.45. The summed E-state index contributed by atoms with van der Waals surface area (Å²) in [5, 5.41) is 3.53. The van der Waals surface area contributed by atoms with Crippen LogP contribution < -0.4 is 9.62 Å². The topological polar surface area (TPSA) is 66.5 Å². The second kappa shape index (κ2) is 7.76. The van der Waals surface area contributed by atoms with Crippen molar-refractivity contribution >= 4 is 33.2 Å². The van der Waals surface area contributed by atoms with E-state index in [4.69, 9.17) is 11.6 Å². The molecule has 2 aromatic rings. The Labute approximate surface area is 170 Å². The fourth-order valence-electron chi connectivity index (χ4n) is 4.45. The van der Waals surface area contributed by atoms with Crippen LogP contribution in [0.5, 0.6) is 0 Å². The second-order valence-electron chi connectivity index (χ2n) is 7.65. The van der Waals surface area contributed by atoms with Gasteiger partial charge in [0.15, 0.2) is 0 Å². The quantitative estimate of drug-likeness (QED) is 0.775. The number of fused-ring (bicyclic) bond motifs is 2. The highest BCUT2D eigenvalue weighted by atomic mass is 35.5. The van der Waals surface area contributed by atoms with Gasteiger partial charge in [0, 0.05) is 11.1 Å². The number of nitrogens with one attached hydrogen (secondary N) is 1. The number of hydrogen-bond donors (Lipinski definition) is 1. The molecule has 5 nitrogen and oxygen atoms in total. The van der Waals surface area contributed by atoms with Gasteiger partial charge in [-0.1, -0.05) is 36.2 Å². The maximum atomic E-state index is 13.2. The van der Waals surface area contributed by atoms with Crippen LogP contribution in [0.3, 0.4) is 0 Å². The van der Waals surface area contributed by atoms with Crippen LogP contribution in [0.1, 0.15) is 25.7 Å². The van der Waals surface area contributed by atoms with Crippen molar-refractivity contribution in [3.8, 4) is 0 Å². The fourth-order valence-corrected chi connectivity index (χ4v) is 5.99. The van der Waals surface area contributed by atoms with E-state index >= 15 is 0 Å². The molecule has 2 aliphatic carbocycles. The number of halogens is 1. The standard InChI is InChI=1S/C21H23ClN2O3S/c22-17-8-10-19(11-9-17)28(26,27)24(18-4-2-1-3-5-18)14-21(25)23-20-13-15-6-7-16(20)12-15/h1-5,8-11,15-16,20H,6-7,12-14H2,(H,23,25)/t15-,16+,20+/m1/s1. The number of amides is 1. The predicted molar refractivity (Wildman–Crippen MR) is 110 cm³/mol. The van der Waals surface area contributed by atoms with Crippen LogP contribution in [0.2, 0.25) is 5.02 Å². The van der Waals surface area contributed by atoms with Crippen LogP contribution in [0.15, 0.2) is 59.5 Å². The molecule has 4 rings (SSSR count). The van der Waals surface area contributed by atoms with Crippen LogP contribution in [-0.2, 0) is 14.8 Å². The zero-order valence-corrected chi connectivity index (χ0v) is 17.0. The monoisotopic (exact) mass is 418 g/mol. The van der Waals surface area contributed by atoms with Crippen LogP contribution >= 0.6 is 11.6 Å². The highest BCUT2D eigenvalue weighted by Gasteiger charge is 2.40. The Morgan fingerprint density at radius 1 is 1.04 bits per heavy atom. The fraction of sp³-hybridized carbons (Fsp3) is 0.381. The number of rotatable bonds is 6. The number of sulfonamides is 1. The van der Waals surface area contributed by atoms with Gasteiger partial charge in [-0.15, -0.1) is 0 Å². The van der Waals surface area contributed by atoms with Gasteiger partial charge in [-0.2, -0.15) is 0 Å². The number of hydrogen-bond acceptors (Lipinski definition) is 3. The summed E-state index contributed by atoms with van der Waals surface area (Å²) in [6.45, 7) is -0.247. The first-order chi connectivity index (χ1) is 13.4. The molecule has 1 N–H and O–H groups in total. The molecule has 2 fully saturated rings. The number of benzene rings is 2. The van der Waals surface area contributed by atoms with Gasteiger partial charge in [0.1, 0.15) is 6.54 Å². The minimum Gasteiger partial charge on any atom is -0.352 e. The normalized spacial score (nSPS) is 23.5. The summed E-state index contributed by atoms with van der Waals surface area (Å²) in [5.74, 6) is 0.976. The molecule has 0 radical (unpaired) electrons. The van der Waals surface area contributed by atoms with Crippen molar-refractivity contribution < 1.29 is 13.2 Å². The van der Waals surface area contributed by atoms with Crippen molar-refractivity contribution in [1.29, 1.82) is 0 Å². The van der Waals surface area contributed by atoms with E-state index in [1.54, 1.807) is 24.3 Å². The summed E-state index contributed by atoms with van der Waals surface area (Å²) in [6.07, 6.45) is 4.58. The molecule has 2 saturated carbocycles. The van der Waals surface area contributed by atoms with E-state index in [1.165, 1.54) is 41.4 Å². The molecule has 2 aliphatic rings. The first-order valence-corrected chi connectivity index (χ1v) is 11.4. The molecule has 3 atom stereocenters. The smallest absolute Gasteiger partial charge is 0.264 e. The van der Waals surface area contributed by atoms with E-state index in [0.29, 0.717) is 22.5 Å². The molecule has 0 aromatic heterocycles. The molecule has 148 valence electrons. The minimum atomic E-state index is -3.90. The summed E-state index contributed by atoms with van der Waals surface area (Å²) in [7, 11) is -3.90. The van der Waals surface area contributed by atoms with Gasteiger partial charge >= 0.3 is 0 Å². The number of para-hydroxylation sites is 1. The van der Waals surface area contributed by atoms with Crippen molar-refractivity contribution in [2.45, 2.75) is 36.6 Å². The average Bonchev–Trinajstić information content (AvgIpc) is 3.30. The lowest BCUT2D eigenvalue weighted by Gasteiger charge is -2.27. The Bertz CT molecular complexity index is 947. The molecular weight excluding hydrogens is 396 g/mol. The summed E-state index contributed by atoms with van der Waals surface area (Å²) in [5.41, 5.74) is 0.459. The van der Waals surface area contributed by atoms with E-state index in [2.05, 4.69) is 5.32 Å². The molecule has 1 amide bonds. The van der Waals surface area contributed by atoms with E-state index in [1.807, 2.05) is 6.07 Å². The molecule has 2 bridgehead atoms. The highest BCUT2D eigenvalue weighted by Crippen LogP contribution is 2.44. The largest absolute Gasteiger partial charge is 0.352 e. The third-order valence-corrected chi connectivity index (χ3v) is 7.86. The van der Waals surface area contributed by atoms with Gasteiger partial charge < -0.3 is 5.32 Å². The van der Waals surface area contributed by atoms with Crippen LogP contribution in [0.25, 0.3) is 0 Å².